The maximum Gasteiger partial charge on any atom is 0.673 e. The summed E-state index contributed by atoms with van der Waals surface area (Å²) >= 11 is 0. The van der Waals surface area contributed by atoms with E-state index in [0.717, 1.165) is 29.8 Å². The molecule has 0 bridgehead atoms. The summed E-state index contributed by atoms with van der Waals surface area (Å²) in [5.41, 5.74) is 2.15. The summed E-state index contributed by atoms with van der Waals surface area (Å²) in [6.07, 6.45) is 7.10. The molecule has 0 saturated heterocycles. The van der Waals surface area contributed by atoms with Crippen LogP contribution >= 0.6 is 0 Å². The fraction of sp³-hybridized carbons (Fsp3) is 0.231. The molecule has 9 heteroatoms. The lowest BCUT2D eigenvalue weighted by molar-refractivity contribution is -0.671. The molecule has 0 spiro atoms. The quantitative estimate of drug-likeness (QED) is 0.450. The molecule has 3 aromatic rings. The molecule has 0 unspecified atom stereocenters. The zero-order valence-corrected chi connectivity index (χ0v) is 11.9. The minimum Gasteiger partial charge on any atom is -0.418 e. The van der Waals surface area contributed by atoms with Crippen molar-refractivity contribution in [3.8, 4) is 0 Å². The number of aryl methyl sites for hydroxylation is 3. The Hall–Kier alpha value is -2.32. The highest BCUT2D eigenvalue weighted by molar-refractivity contribution is 6.50. The number of nitrogens with one attached hydrogen (secondary N) is 1. The monoisotopic (exact) mass is 314 g/mol. The van der Waals surface area contributed by atoms with Crippen molar-refractivity contribution in [1.82, 2.24) is 14.5 Å². The van der Waals surface area contributed by atoms with Gasteiger partial charge in [0.2, 0.25) is 6.33 Å². The van der Waals surface area contributed by atoms with Crippen LogP contribution in [0.1, 0.15) is 5.82 Å². The van der Waals surface area contributed by atoms with Crippen LogP contribution in [0, 0.1) is 0 Å². The lowest BCUT2D eigenvalue weighted by Crippen LogP contribution is -2.23. The number of nitrogens with zero attached hydrogens (tertiary/aromatic N) is 3. The maximum absolute atomic E-state index is 9.75. The summed E-state index contributed by atoms with van der Waals surface area (Å²) in [5.74, 6) is 1.04. The number of para-hydroxylation sites is 2. The number of rotatable bonds is 3. The molecule has 0 amide bonds. The predicted molar refractivity (Wildman–Crippen MR) is 75.6 cm³/mol. The van der Waals surface area contributed by atoms with Crippen molar-refractivity contribution in [3.05, 3.63) is 48.8 Å². The number of benzene rings is 1. The van der Waals surface area contributed by atoms with Crippen LogP contribution in [0.4, 0.5) is 17.3 Å². The third-order valence-corrected chi connectivity index (χ3v) is 2.87. The highest BCUT2D eigenvalue weighted by atomic mass is 19.5. The van der Waals surface area contributed by atoms with Gasteiger partial charge in [-0.05, 0) is 12.1 Å². The van der Waals surface area contributed by atoms with Gasteiger partial charge in [-0.1, -0.05) is 12.1 Å². The molecule has 0 saturated carbocycles. The van der Waals surface area contributed by atoms with E-state index in [0.29, 0.717) is 0 Å². The molecule has 3 rings (SSSR count). The molecule has 0 aliphatic heterocycles. The molecule has 0 fully saturated rings. The SMILES string of the molecule is C[n+]1ccn(CCc2nc3ccccc3[nH]2)c1.F[B-](F)(F)F. The number of aromatic nitrogens is 4. The fourth-order valence-electron chi connectivity index (χ4n) is 1.99. The first kappa shape index (κ1) is 16.1. The standard InChI is InChI=1S/C13H15N4.BF4/c1-16-8-9-17(10-16)7-6-13-14-11-4-2-3-5-12(11)15-13;2-1(3,4)5/h2-5,8-10H,6-7H2,1H3,(H,14,15);/q+1;-1. The van der Waals surface area contributed by atoms with E-state index < -0.39 is 7.25 Å². The zero-order chi connectivity index (χ0) is 16.2. The predicted octanol–water partition coefficient (Wildman–Crippen LogP) is 2.73. The second kappa shape index (κ2) is 6.63. The minimum absolute atomic E-state index is 0.920. The molecule has 0 aliphatic carbocycles. The van der Waals surface area contributed by atoms with Crippen LogP contribution in [0.15, 0.2) is 43.0 Å². The second-order valence-electron chi connectivity index (χ2n) is 4.76. The number of imidazole rings is 2. The first-order valence-corrected chi connectivity index (χ1v) is 6.63. The van der Waals surface area contributed by atoms with Gasteiger partial charge in [0.15, 0.2) is 0 Å². The van der Waals surface area contributed by atoms with Gasteiger partial charge < -0.3 is 22.2 Å². The van der Waals surface area contributed by atoms with Crippen molar-refractivity contribution in [1.29, 1.82) is 0 Å². The Morgan fingerprint density at radius 3 is 2.50 bits per heavy atom. The molecule has 2 heterocycles. The Bertz CT molecular complexity index is 696. The number of halogens is 4. The summed E-state index contributed by atoms with van der Waals surface area (Å²) in [6.45, 7) is 0.945. The number of aromatic amines is 1. The number of H-pyrrole nitrogens is 1. The van der Waals surface area contributed by atoms with E-state index in [1.807, 2.05) is 36.0 Å². The zero-order valence-electron chi connectivity index (χ0n) is 11.9. The third-order valence-electron chi connectivity index (χ3n) is 2.87. The van der Waals surface area contributed by atoms with E-state index in [9.17, 15) is 17.3 Å². The maximum atomic E-state index is 9.75. The van der Waals surface area contributed by atoms with Crippen LogP contribution in [-0.2, 0) is 20.0 Å². The van der Waals surface area contributed by atoms with Crippen LogP contribution in [0.5, 0.6) is 0 Å². The summed E-state index contributed by atoms with van der Waals surface area (Å²) in [5, 5.41) is 0. The Morgan fingerprint density at radius 1 is 1.23 bits per heavy atom. The third kappa shape index (κ3) is 5.23. The molecule has 0 radical (unpaired) electrons. The molecule has 0 atom stereocenters. The first-order valence-electron chi connectivity index (χ1n) is 6.63. The Balaban J connectivity index is 0.000000309. The van der Waals surface area contributed by atoms with Crippen LogP contribution in [0.2, 0.25) is 0 Å². The van der Waals surface area contributed by atoms with E-state index >= 15 is 0 Å². The van der Waals surface area contributed by atoms with Gasteiger partial charge in [0.05, 0.1) is 24.6 Å². The van der Waals surface area contributed by atoms with Gasteiger partial charge in [-0.15, -0.1) is 0 Å². The van der Waals surface area contributed by atoms with Gasteiger partial charge in [0.25, 0.3) is 0 Å². The van der Waals surface area contributed by atoms with E-state index in [2.05, 4.69) is 33.1 Å². The largest absolute Gasteiger partial charge is 0.673 e. The Labute approximate surface area is 124 Å². The first-order chi connectivity index (χ1) is 10.3. The van der Waals surface area contributed by atoms with Crippen LogP contribution in [-0.4, -0.2) is 21.8 Å². The smallest absolute Gasteiger partial charge is 0.418 e. The van der Waals surface area contributed by atoms with E-state index in [1.165, 1.54) is 0 Å². The van der Waals surface area contributed by atoms with Crippen molar-refractivity contribution >= 4 is 18.3 Å². The van der Waals surface area contributed by atoms with Gasteiger partial charge in [0.1, 0.15) is 18.2 Å². The van der Waals surface area contributed by atoms with Crippen LogP contribution in [0.3, 0.4) is 0 Å². The van der Waals surface area contributed by atoms with Crippen molar-refractivity contribution < 1.29 is 21.8 Å². The lowest BCUT2D eigenvalue weighted by atomic mass is 10.3. The van der Waals surface area contributed by atoms with E-state index in [-0.39, 0.29) is 0 Å². The van der Waals surface area contributed by atoms with Gasteiger partial charge >= 0.3 is 7.25 Å². The highest BCUT2D eigenvalue weighted by Gasteiger charge is 2.20. The molecule has 22 heavy (non-hydrogen) atoms. The molecule has 1 aromatic carbocycles. The fourth-order valence-corrected chi connectivity index (χ4v) is 1.99. The Morgan fingerprint density at radius 2 is 1.91 bits per heavy atom. The average Bonchev–Trinajstić information content (AvgIpc) is 2.99. The van der Waals surface area contributed by atoms with Gasteiger partial charge in [-0.2, -0.15) is 0 Å². The van der Waals surface area contributed by atoms with Crippen molar-refractivity contribution in [2.24, 2.45) is 7.05 Å². The van der Waals surface area contributed by atoms with E-state index in [1.54, 1.807) is 0 Å². The van der Waals surface area contributed by atoms with Crippen molar-refractivity contribution in [3.63, 3.8) is 0 Å². The summed E-state index contributed by atoms with van der Waals surface area (Å²) in [7, 11) is -3.97. The van der Waals surface area contributed by atoms with Crippen LogP contribution < -0.4 is 4.57 Å². The molecule has 118 valence electrons. The summed E-state index contributed by atoms with van der Waals surface area (Å²) in [6, 6.07) is 8.13. The van der Waals surface area contributed by atoms with Crippen LogP contribution in [0.25, 0.3) is 11.0 Å². The average molecular weight is 314 g/mol. The van der Waals surface area contributed by atoms with Crippen molar-refractivity contribution in [2.45, 2.75) is 13.0 Å². The summed E-state index contributed by atoms with van der Waals surface area (Å²) in [4.78, 5) is 7.90. The van der Waals surface area contributed by atoms with Gasteiger partial charge in [-0.25, -0.2) is 14.1 Å². The Kier molecular flexibility index (Phi) is 4.84. The molecular formula is C13H15BF4N4. The number of hydrogen-bond donors (Lipinski definition) is 1. The molecular weight excluding hydrogens is 299 g/mol. The van der Waals surface area contributed by atoms with E-state index in [4.69, 9.17) is 0 Å². The van der Waals surface area contributed by atoms with Crippen molar-refractivity contribution in [2.75, 3.05) is 0 Å². The topological polar surface area (TPSA) is 37.5 Å². The number of fused-ring (bicyclic) bond motifs is 1. The molecule has 4 nitrogen and oxygen atoms in total. The molecule has 2 aromatic heterocycles. The summed E-state index contributed by atoms with van der Waals surface area (Å²) < 4.78 is 43.2. The van der Waals surface area contributed by atoms with Gasteiger partial charge in [0, 0.05) is 6.42 Å². The molecule has 1 N–H and O–H groups in total. The highest BCUT2D eigenvalue weighted by Crippen LogP contribution is 2.10. The minimum atomic E-state index is -6.00. The lowest BCUT2D eigenvalue weighted by Gasteiger charge is -1.94. The normalized spacial score (nSPS) is 11.3. The van der Waals surface area contributed by atoms with Gasteiger partial charge in [-0.3, -0.25) is 0 Å². The number of hydrogen-bond acceptors (Lipinski definition) is 1. The second-order valence-corrected chi connectivity index (χ2v) is 4.76. The molecule has 0 aliphatic rings.